The minimum atomic E-state index is -0.125. The van der Waals surface area contributed by atoms with Crippen LogP contribution >= 0.6 is 11.3 Å². The van der Waals surface area contributed by atoms with Crippen LogP contribution in [0.25, 0.3) is 0 Å². The van der Waals surface area contributed by atoms with Crippen molar-refractivity contribution in [1.29, 1.82) is 0 Å². The van der Waals surface area contributed by atoms with E-state index in [9.17, 15) is 4.79 Å². The molecule has 130 valence electrons. The van der Waals surface area contributed by atoms with Crippen molar-refractivity contribution in [3.8, 4) is 5.75 Å². The number of thiophene rings is 1. The number of rotatable bonds is 6. The van der Waals surface area contributed by atoms with E-state index < -0.39 is 0 Å². The van der Waals surface area contributed by atoms with Crippen LogP contribution in [0.15, 0.2) is 41.9 Å². The van der Waals surface area contributed by atoms with Crippen LogP contribution in [-0.2, 0) is 20.1 Å². The maximum atomic E-state index is 12.4. The van der Waals surface area contributed by atoms with E-state index in [4.69, 9.17) is 4.74 Å². The Kier molecular flexibility index (Phi) is 5.19. The lowest BCUT2D eigenvalue weighted by atomic mass is 10.2. The van der Waals surface area contributed by atoms with Crippen LogP contribution in [-0.4, -0.2) is 15.7 Å². The van der Waals surface area contributed by atoms with Crippen molar-refractivity contribution in [3.05, 3.63) is 63.6 Å². The Morgan fingerprint density at radius 3 is 2.68 bits per heavy atom. The smallest absolute Gasteiger partial charge is 0.265 e. The molecule has 2 aromatic heterocycles. The van der Waals surface area contributed by atoms with Crippen molar-refractivity contribution in [2.45, 2.75) is 26.9 Å². The monoisotopic (exact) mass is 355 g/mol. The van der Waals surface area contributed by atoms with Crippen molar-refractivity contribution >= 4 is 22.9 Å². The molecule has 1 aromatic carbocycles. The third-order valence-electron chi connectivity index (χ3n) is 4.10. The van der Waals surface area contributed by atoms with Crippen molar-refractivity contribution in [1.82, 2.24) is 9.78 Å². The van der Waals surface area contributed by atoms with Crippen LogP contribution in [0.4, 0.5) is 5.69 Å². The van der Waals surface area contributed by atoms with Crippen LogP contribution in [0, 0.1) is 6.92 Å². The van der Waals surface area contributed by atoms with E-state index in [1.54, 1.807) is 10.9 Å². The number of aryl methyl sites for hydroxylation is 2. The van der Waals surface area contributed by atoms with Gasteiger partial charge in [0.25, 0.3) is 5.91 Å². The lowest BCUT2D eigenvalue weighted by Crippen LogP contribution is -2.10. The number of nitrogens with zero attached hydrogens (tertiary/aromatic N) is 2. The standard InChI is InChI=1S/C19H21N3O2S/c1-4-14-5-7-16(8-6-14)24-11-15-9-18(25-12-15)19(23)21-17-10-20-22(3)13(17)2/h5-10,12H,4,11H2,1-3H3,(H,21,23). The Balaban J connectivity index is 1.59. The highest BCUT2D eigenvalue weighted by Crippen LogP contribution is 2.20. The fourth-order valence-electron chi connectivity index (χ4n) is 2.36. The second-order valence-corrected chi connectivity index (χ2v) is 6.74. The molecule has 0 saturated carbocycles. The van der Waals surface area contributed by atoms with Crippen LogP contribution in [0.2, 0.25) is 0 Å². The molecular weight excluding hydrogens is 334 g/mol. The van der Waals surface area contributed by atoms with Gasteiger partial charge in [-0.1, -0.05) is 19.1 Å². The van der Waals surface area contributed by atoms with E-state index in [1.165, 1.54) is 16.9 Å². The quantitative estimate of drug-likeness (QED) is 0.721. The van der Waals surface area contributed by atoms with E-state index in [0.717, 1.165) is 29.1 Å². The van der Waals surface area contributed by atoms with Crippen LogP contribution < -0.4 is 10.1 Å². The van der Waals surface area contributed by atoms with Gasteiger partial charge in [0, 0.05) is 12.6 Å². The van der Waals surface area contributed by atoms with Crippen LogP contribution in [0.5, 0.6) is 5.75 Å². The highest BCUT2D eigenvalue weighted by atomic mass is 32.1. The minimum Gasteiger partial charge on any atom is -0.489 e. The zero-order chi connectivity index (χ0) is 17.8. The van der Waals surface area contributed by atoms with Gasteiger partial charge in [-0.3, -0.25) is 9.48 Å². The molecule has 0 bridgehead atoms. The predicted molar refractivity (Wildman–Crippen MR) is 100 cm³/mol. The number of aromatic nitrogens is 2. The summed E-state index contributed by atoms with van der Waals surface area (Å²) in [6.45, 7) is 4.49. The summed E-state index contributed by atoms with van der Waals surface area (Å²) in [5.41, 5.74) is 3.92. The summed E-state index contributed by atoms with van der Waals surface area (Å²) < 4.78 is 7.52. The van der Waals surface area contributed by atoms with E-state index in [0.29, 0.717) is 11.5 Å². The molecule has 3 rings (SSSR count). The number of carbonyl (C=O) groups excluding carboxylic acids is 1. The van der Waals surface area contributed by atoms with Gasteiger partial charge >= 0.3 is 0 Å². The molecular formula is C19H21N3O2S. The highest BCUT2D eigenvalue weighted by Gasteiger charge is 2.12. The maximum Gasteiger partial charge on any atom is 0.265 e. The Labute approximate surface area is 151 Å². The number of nitrogens with one attached hydrogen (secondary N) is 1. The first-order chi connectivity index (χ1) is 12.1. The van der Waals surface area contributed by atoms with E-state index in [2.05, 4.69) is 29.5 Å². The highest BCUT2D eigenvalue weighted by molar-refractivity contribution is 7.12. The molecule has 0 atom stereocenters. The molecule has 0 fully saturated rings. The molecule has 0 radical (unpaired) electrons. The lowest BCUT2D eigenvalue weighted by Gasteiger charge is -2.05. The first-order valence-corrected chi connectivity index (χ1v) is 9.04. The molecule has 1 N–H and O–H groups in total. The normalized spacial score (nSPS) is 10.7. The zero-order valence-electron chi connectivity index (χ0n) is 14.6. The summed E-state index contributed by atoms with van der Waals surface area (Å²) >= 11 is 1.41. The topological polar surface area (TPSA) is 56.1 Å². The third-order valence-corrected chi connectivity index (χ3v) is 5.08. The SMILES string of the molecule is CCc1ccc(OCc2csc(C(=O)Nc3cnn(C)c3C)c2)cc1. The Morgan fingerprint density at radius 2 is 2.04 bits per heavy atom. The minimum absolute atomic E-state index is 0.125. The number of carbonyl (C=O) groups is 1. The molecule has 0 unspecified atom stereocenters. The van der Waals surface area contributed by atoms with Crippen molar-refractivity contribution in [2.24, 2.45) is 7.05 Å². The van der Waals surface area contributed by atoms with Gasteiger partial charge in [-0.2, -0.15) is 5.10 Å². The van der Waals surface area contributed by atoms with Gasteiger partial charge in [0.2, 0.25) is 0 Å². The summed E-state index contributed by atoms with van der Waals surface area (Å²) in [6, 6.07) is 9.95. The molecule has 2 heterocycles. The van der Waals surface area contributed by atoms with E-state index >= 15 is 0 Å². The fraction of sp³-hybridized carbons (Fsp3) is 0.263. The van der Waals surface area contributed by atoms with Crippen molar-refractivity contribution in [3.63, 3.8) is 0 Å². The molecule has 6 heteroatoms. The number of amides is 1. The van der Waals surface area contributed by atoms with Gasteiger partial charge in [0.15, 0.2) is 0 Å². The number of anilines is 1. The van der Waals surface area contributed by atoms with Crippen LogP contribution in [0.1, 0.15) is 33.4 Å². The molecule has 0 aliphatic carbocycles. The summed E-state index contributed by atoms with van der Waals surface area (Å²) in [4.78, 5) is 13.0. The van der Waals surface area contributed by atoms with Gasteiger partial charge in [0.1, 0.15) is 12.4 Å². The van der Waals surface area contributed by atoms with E-state index in [1.807, 2.05) is 37.6 Å². The predicted octanol–water partition coefficient (Wildman–Crippen LogP) is 4.18. The molecule has 0 saturated heterocycles. The Hall–Kier alpha value is -2.60. The number of hydrogen-bond donors (Lipinski definition) is 1. The summed E-state index contributed by atoms with van der Waals surface area (Å²) in [5.74, 6) is 0.708. The lowest BCUT2D eigenvalue weighted by molar-refractivity contribution is 0.103. The average molecular weight is 355 g/mol. The summed E-state index contributed by atoms with van der Waals surface area (Å²) in [5, 5.41) is 8.97. The summed E-state index contributed by atoms with van der Waals surface area (Å²) in [6.07, 6.45) is 2.67. The van der Waals surface area contributed by atoms with Crippen molar-refractivity contribution in [2.75, 3.05) is 5.32 Å². The molecule has 1 amide bonds. The Bertz CT molecular complexity index is 865. The molecule has 0 aliphatic heterocycles. The summed E-state index contributed by atoms with van der Waals surface area (Å²) in [7, 11) is 1.85. The van der Waals surface area contributed by atoms with Crippen molar-refractivity contribution < 1.29 is 9.53 Å². The molecule has 0 spiro atoms. The van der Waals surface area contributed by atoms with Gasteiger partial charge < -0.3 is 10.1 Å². The molecule has 25 heavy (non-hydrogen) atoms. The second kappa shape index (κ2) is 7.53. The molecule has 0 aliphatic rings. The first-order valence-electron chi connectivity index (χ1n) is 8.16. The molecule has 3 aromatic rings. The van der Waals surface area contributed by atoms with Crippen LogP contribution in [0.3, 0.4) is 0 Å². The number of benzene rings is 1. The largest absolute Gasteiger partial charge is 0.489 e. The fourth-order valence-corrected chi connectivity index (χ4v) is 3.16. The van der Waals surface area contributed by atoms with Gasteiger partial charge in [-0.05, 0) is 42.5 Å². The number of ether oxygens (including phenoxy) is 1. The maximum absolute atomic E-state index is 12.4. The number of hydrogen-bond acceptors (Lipinski definition) is 4. The molecule has 5 nitrogen and oxygen atoms in total. The third kappa shape index (κ3) is 4.09. The van der Waals surface area contributed by atoms with Gasteiger partial charge in [-0.15, -0.1) is 11.3 Å². The van der Waals surface area contributed by atoms with Gasteiger partial charge in [-0.25, -0.2) is 0 Å². The van der Waals surface area contributed by atoms with E-state index in [-0.39, 0.29) is 5.91 Å². The first kappa shape index (κ1) is 17.2. The zero-order valence-corrected chi connectivity index (χ0v) is 15.4. The Morgan fingerprint density at radius 1 is 1.28 bits per heavy atom. The van der Waals surface area contributed by atoms with Gasteiger partial charge in [0.05, 0.1) is 22.5 Å². The average Bonchev–Trinajstić information content (AvgIpc) is 3.23. The second-order valence-electron chi connectivity index (χ2n) is 5.83.